The van der Waals surface area contributed by atoms with E-state index in [1.165, 1.54) is 0 Å². The average Bonchev–Trinajstić information content (AvgIpc) is 2.91. The molecule has 6 heteroatoms. The van der Waals surface area contributed by atoms with E-state index >= 15 is 0 Å². The standard InChI is InChI=1S/C15H17N3O3/c1-10-2-7-13(21-10)9-17-14(19)8-11-3-5-12(6-4-11)15(16)18-20/h2-7,20H,8-9H2,1H3,(H2,16,18)(H,17,19). The summed E-state index contributed by atoms with van der Waals surface area (Å²) < 4.78 is 5.37. The molecule has 2 rings (SSSR count). The molecule has 0 bridgehead atoms. The second-order valence-electron chi connectivity index (χ2n) is 4.65. The van der Waals surface area contributed by atoms with Gasteiger partial charge >= 0.3 is 0 Å². The second kappa shape index (κ2) is 6.60. The molecule has 0 saturated carbocycles. The fraction of sp³-hybridized carbons (Fsp3) is 0.200. The maximum Gasteiger partial charge on any atom is 0.224 e. The summed E-state index contributed by atoms with van der Waals surface area (Å²) in [4.78, 5) is 11.8. The third kappa shape index (κ3) is 4.10. The molecular weight excluding hydrogens is 270 g/mol. The number of nitrogens with two attached hydrogens (primary N) is 1. The highest BCUT2D eigenvalue weighted by molar-refractivity contribution is 5.97. The highest BCUT2D eigenvalue weighted by Gasteiger charge is 2.06. The Morgan fingerprint density at radius 3 is 2.57 bits per heavy atom. The predicted molar refractivity (Wildman–Crippen MR) is 77.9 cm³/mol. The molecule has 0 saturated heterocycles. The molecule has 110 valence electrons. The first-order valence-electron chi connectivity index (χ1n) is 6.47. The minimum absolute atomic E-state index is 0.0409. The molecule has 1 amide bonds. The van der Waals surface area contributed by atoms with Gasteiger partial charge in [0, 0.05) is 5.56 Å². The fourth-order valence-corrected chi connectivity index (χ4v) is 1.86. The number of oxime groups is 1. The van der Waals surface area contributed by atoms with Crippen LogP contribution >= 0.6 is 0 Å². The number of aryl methyl sites for hydroxylation is 1. The van der Waals surface area contributed by atoms with E-state index in [4.69, 9.17) is 15.4 Å². The zero-order valence-corrected chi connectivity index (χ0v) is 11.7. The predicted octanol–water partition coefficient (Wildman–Crippen LogP) is 1.54. The number of rotatable bonds is 5. The Hall–Kier alpha value is -2.76. The molecule has 0 aliphatic heterocycles. The number of amidine groups is 1. The fourth-order valence-electron chi connectivity index (χ4n) is 1.86. The Morgan fingerprint density at radius 2 is 2.00 bits per heavy atom. The number of hydrogen-bond acceptors (Lipinski definition) is 4. The van der Waals surface area contributed by atoms with Crippen molar-refractivity contribution < 1.29 is 14.4 Å². The van der Waals surface area contributed by atoms with Crippen LogP contribution in [0.5, 0.6) is 0 Å². The molecule has 0 aliphatic carbocycles. The summed E-state index contributed by atoms with van der Waals surface area (Å²) >= 11 is 0. The summed E-state index contributed by atoms with van der Waals surface area (Å²) in [5.41, 5.74) is 6.92. The number of nitrogens with one attached hydrogen (secondary N) is 1. The molecule has 0 radical (unpaired) electrons. The minimum atomic E-state index is -0.0967. The van der Waals surface area contributed by atoms with E-state index in [0.717, 1.165) is 17.1 Å². The highest BCUT2D eigenvalue weighted by atomic mass is 16.4. The van der Waals surface area contributed by atoms with E-state index in [9.17, 15) is 4.79 Å². The van der Waals surface area contributed by atoms with Crippen LogP contribution in [0.15, 0.2) is 46.0 Å². The summed E-state index contributed by atoms with van der Waals surface area (Å²) in [5, 5.41) is 14.3. The van der Waals surface area contributed by atoms with E-state index in [0.29, 0.717) is 12.1 Å². The largest absolute Gasteiger partial charge is 0.465 e. The van der Waals surface area contributed by atoms with Crippen LogP contribution < -0.4 is 11.1 Å². The Labute approximate surface area is 122 Å². The minimum Gasteiger partial charge on any atom is -0.465 e. The van der Waals surface area contributed by atoms with E-state index in [1.54, 1.807) is 24.3 Å². The van der Waals surface area contributed by atoms with Gasteiger partial charge in [-0.05, 0) is 24.6 Å². The SMILES string of the molecule is Cc1ccc(CNC(=O)Cc2ccc(C(N)=NO)cc2)o1. The van der Waals surface area contributed by atoms with Crippen molar-refractivity contribution in [2.75, 3.05) is 0 Å². The lowest BCUT2D eigenvalue weighted by Crippen LogP contribution is -2.24. The number of hydrogen-bond donors (Lipinski definition) is 3. The molecule has 0 unspecified atom stereocenters. The van der Waals surface area contributed by atoms with Crippen molar-refractivity contribution in [2.45, 2.75) is 19.9 Å². The van der Waals surface area contributed by atoms with Crippen LogP contribution in [0.3, 0.4) is 0 Å². The van der Waals surface area contributed by atoms with Crippen molar-refractivity contribution in [1.29, 1.82) is 0 Å². The Balaban J connectivity index is 1.87. The van der Waals surface area contributed by atoms with Crippen LogP contribution in [0.4, 0.5) is 0 Å². The van der Waals surface area contributed by atoms with Crippen LogP contribution in [0.25, 0.3) is 0 Å². The normalized spacial score (nSPS) is 11.4. The smallest absolute Gasteiger partial charge is 0.224 e. The van der Waals surface area contributed by atoms with Crippen molar-refractivity contribution in [3.05, 3.63) is 59.0 Å². The third-order valence-corrected chi connectivity index (χ3v) is 2.98. The molecule has 0 aliphatic rings. The van der Waals surface area contributed by atoms with Crippen molar-refractivity contribution in [1.82, 2.24) is 5.32 Å². The van der Waals surface area contributed by atoms with Gasteiger partial charge in [-0.3, -0.25) is 4.79 Å². The molecule has 4 N–H and O–H groups in total. The van der Waals surface area contributed by atoms with Gasteiger partial charge in [0.1, 0.15) is 11.5 Å². The van der Waals surface area contributed by atoms with Gasteiger partial charge in [-0.1, -0.05) is 29.4 Å². The monoisotopic (exact) mass is 287 g/mol. The highest BCUT2D eigenvalue weighted by Crippen LogP contribution is 2.07. The van der Waals surface area contributed by atoms with Crippen LogP contribution in [0.1, 0.15) is 22.6 Å². The summed E-state index contributed by atoms with van der Waals surface area (Å²) in [6, 6.07) is 10.6. The van der Waals surface area contributed by atoms with Crippen LogP contribution in [-0.2, 0) is 17.8 Å². The first-order valence-corrected chi connectivity index (χ1v) is 6.47. The van der Waals surface area contributed by atoms with E-state index < -0.39 is 0 Å². The van der Waals surface area contributed by atoms with E-state index in [1.807, 2.05) is 19.1 Å². The maximum absolute atomic E-state index is 11.8. The average molecular weight is 287 g/mol. The Bertz CT molecular complexity index is 644. The summed E-state index contributed by atoms with van der Waals surface area (Å²) in [6.07, 6.45) is 0.260. The van der Waals surface area contributed by atoms with Gasteiger partial charge in [-0.2, -0.15) is 0 Å². The number of furan rings is 1. The Morgan fingerprint density at radius 1 is 1.29 bits per heavy atom. The number of nitrogens with zero attached hydrogens (tertiary/aromatic N) is 1. The number of benzene rings is 1. The number of amides is 1. The molecular formula is C15H17N3O3. The molecule has 0 fully saturated rings. The van der Waals surface area contributed by atoms with Gasteiger partial charge in [-0.15, -0.1) is 0 Å². The molecule has 2 aromatic rings. The summed E-state index contributed by atoms with van der Waals surface area (Å²) in [7, 11) is 0. The van der Waals surface area contributed by atoms with Gasteiger partial charge in [0.25, 0.3) is 0 Å². The third-order valence-electron chi connectivity index (χ3n) is 2.98. The lowest BCUT2D eigenvalue weighted by Gasteiger charge is -2.05. The molecule has 0 spiro atoms. The lowest BCUT2D eigenvalue weighted by molar-refractivity contribution is -0.120. The van der Waals surface area contributed by atoms with Gasteiger partial charge < -0.3 is 20.7 Å². The maximum atomic E-state index is 11.8. The van der Waals surface area contributed by atoms with Crippen molar-refractivity contribution >= 4 is 11.7 Å². The van der Waals surface area contributed by atoms with Gasteiger partial charge in [0.2, 0.25) is 5.91 Å². The van der Waals surface area contributed by atoms with Crippen LogP contribution in [0, 0.1) is 6.92 Å². The molecule has 1 aromatic carbocycles. The summed E-state index contributed by atoms with van der Waals surface area (Å²) in [6.45, 7) is 2.23. The molecule has 1 aromatic heterocycles. The molecule has 21 heavy (non-hydrogen) atoms. The van der Waals surface area contributed by atoms with Gasteiger partial charge in [-0.25, -0.2) is 0 Å². The summed E-state index contributed by atoms with van der Waals surface area (Å²) in [5.74, 6) is 1.49. The molecule has 1 heterocycles. The van der Waals surface area contributed by atoms with Crippen molar-refractivity contribution in [3.63, 3.8) is 0 Å². The molecule has 0 atom stereocenters. The molecule has 6 nitrogen and oxygen atoms in total. The number of carbonyl (C=O) groups excluding carboxylic acids is 1. The van der Waals surface area contributed by atoms with E-state index in [-0.39, 0.29) is 18.2 Å². The van der Waals surface area contributed by atoms with Crippen LogP contribution in [0.2, 0.25) is 0 Å². The second-order valence-corrected chi connectivity index (χ2v) is 4.65. The first kappa shape index (κ1) is 14.6. The van der Waals surface area contributed by atoms with Crippen LogP contribution in [-0.4, -0.2) is 17.0 Å². The zero-order chi connectivity index (χ0) is 15.2. The van der Waals surface area contributed by atoms with E-state index in [2.05, 4.69) is 10.5 Å². The lowest BCUT2D eigenvalue weighted by atomic mass is 10.1. The van der Waals surface area contributed by atoms with Crippen molar-refractivity contribution in [3.8, 4) is 0 Å². The van der Waals surface area contributed by atoms with Gasteiger partial charge in [0.05, 0.1) is 13.0 Å². The van der Waals surface area contributed by atoms with Gasteiger partial charge in [0.15, 0.2) is 5.84 Å². The number of carbonyl (C=O) groups is 1. The zero-order valence-electron chi connectivity index (χ0n) is 11.7. The quantitative estimate of drug-likeness (QED) is 0.336. The topological polar surface area (TPSA) is 101 Å². The Kier molecular flexibility index (Phi) is 4.61. The first-order chi connectivity index (χ1) is 10.1. The van der Waals surface area contributed by atoms with Crippen molar-refractivity contribution in [2.24, 2.45) is 10.9 Å².